The Hall–Kier alpha value is -3.38. The molecule has 2 aromatic rings. The lowest BCUT2D eigenvalue weighted by Gasteiger charge is -2.03. The van der Waals surface area contributed by atoms with Gasteiger partial charge in [0, 0.05) is 18.4 Å². The van der Waals surface area contributed by atoms with Crippen LogP contribution in [0.5, 0.6) is 0 Å². The number of carbonyl (C=O) groups excluding carboxylic acids is 3. The van der Waals surface area contributed by atoms with Gasteiger partial charge in [-0.3, -0.25) is 4.79 Å². The van der Waals surface area contributed by atoms with Crippen molar-refractivity contribution in [3.8, 4) is 0 Å². The van der Waals surface area contributed by atoms with Gasteiger partial charge in [-0.25, -0.2) is 9.59 Å². The fraction of sp³-hybridized carbons (Fsp3) is 0.345. The quantitative estimate of drug-likeness (QED) is 0.312. The lowest BCUT2D eigenvalue weighted by molar-refractivity contribution is -0.137. The van der Waals surface area contributed by atoms with E-state index in [1.165, 1.54) is 45.1 Å². The lowest BCUT2D eigenvalue weighted by Crippen LogP contribution is -2.00. The van der Waals surface area contributed by atoms with Crippen molar-refractivity contribution < 1.29 is 28.6 Å². The molecule has 0 fully saturated rings. The minimum atomic E-state index is -0.346. The average molecular weight is 515 g/mol. The van der Waals surface area contributed by atoms with Crippen LogP contribution in [-0.4, -0.2) is 32.1 Å². The highest BCUT2D eigenvalue weighted by Crippen LogP contribution is 2.27. The maximum Gasteiger partial charge on any atom is 0.337 e. The first kappa shape index (κ1) is 30.7. The summed E-state index contributed by atoms with van der Waals surface area (Å²) in [6.07, 6.45) is 10.9. The molecular formula is C29H35ClO6. The van der Waals surface area contributed by atoms with Crippen LogP contribution in [0.1, 0.15) is 79.2 Å². The molecule has 0 aliphatic heterocycles. The molecule has 0 radical (unpaired) electrons. The summed E-state index contributed by atoms with van der Waals surface area (Å²) >= 11 is 5.61. The monoisotopic (exact) mass is 514 g/mol. The van der Waals surface area contributed by atoms with Gasteiger partial charge in [-0.2, -0.15) is 0 Å². The fourth-order valence-corrected chi connectivity index (χ4v) is 3.62. The van der Waals surface area contributed by atoms with Crippen LogP contribution in [-0.2, 0) is 19.0 Å². The number of hydrogen-bond donors (Lipinski definition) is 0. The van der Waals surface area contributed by atoms with Crippen molar-refractivity contribution in [1.29, 1.82) is 0 Å². The number of esters is 3. The van der Waals surface area contributed by atoms with E-state index in [1.54, 1.807) is 24.3 Å². The molecule has 7 heteroatoms. The lowest BCUT2D eigenvalue weighted by atomic mass is 10.0. The van der Waals surface area contributed by atoms with E-state index in [4.69, 9.17) is 16.3 Å². The molecule has 194 valence electrons. The van der Waals surface area contributed by atoms with Gasteiger partial charge in [0.05, 0.1) is 25.3 Å². The molecule has 0 spiro atoms. The summed E-state index contributed by atoms with van der Waals surface area (Å²) in [5, 5.41) is 0.609. The first-order valence-corrected chi connectivity index (χ1v) is 11.8. The van der Waals surface area contributed by atoms with Crippen molar-refractivity contribution in [3.63, 3.8) is 0 Å². The van der Waals surface area contributed by atoms with Crippen molar-refractivity contribution in [2.24, 2.45) is 0 Å². The van der Waals surface area contributed by atoms with E-state index in [2.05, 4.69) is 15.5 Å². The Labute approximate surface area is 218 Å². The summed E-state index contributed by atoms with van der Waals surface area (Å²) in [5.41, 5.74) is 3.74. The Morgan fingerprint density at radius 2 is 1.25 bits per heavy atom. The Balaban J connectivity index is 0.000000276. The Kier molecular flexibility index (Phi) is 13.9. The second-order valence-electron chi connectivity index (χ2n) is 7.85. The highest BCUT2D eigenvalue weighted by Gasteiger charge is 2.09. The molecule has 0 aromatic heterocycles. The molecule has 0 N–H and O–H groups in total. The molecule has 0 saturated heterocycles. The molecule has 0 atom stereocenters. The molecule has 2 aromatic carbocycles. The van der Waals surface area contributed by atoms with Crippen LogP contribution in [0.25, 0.3) is 5.57 Å². The highest BCUT2D eigenvalue weighted by molar-refractivity contribution is 6.30. The van der Waals surface area contributed by atoms with Crippen molar-refractivity contribution in [1.82, 2.24) is 0 Å². The smallest absolute Gasteiger partial charge is 0.337 e. The largest absolute Gasteiger partial charge is 0.465 e. The maximum absolute atomic E-state index is 11.2. The molecule has 0 heterocycles. The number of allylic oxidation sites excluding steroid dienone is 4. The van der Waals surface area contributed by atoms with E-state index in [0.717, 1.165) is 31.4 Å². The van der Waals surface area contributed by atoms with E-state index >= 15 is 0 Å². The highest BCUT2D eigenvalue weighted by atomic mass is 35.5. The SMILES string of the molecule is C.CC(=O)OC1=CCCC1.COC(=O)c1ccc(C2=CCCC2)cc1.COC(=O)c1ccc(Cl)cc1. The van der Waals surface area contributed by atoms with Crippen LogP contribution < -0.4 is 0 Å². The Morgan fingerprint density at radius 3 is 1.67 bits per heavy atom. The van der Waals surface area contributed by atoms with Crippen molar-refractivity contribution in [2.45, 2.75) is 52.9 Å². The number of halogens is 1. The van der Waals surface area contributed by atoms with Gasteiger partial charge in [0.1, 0.15) is 5.76 Å². The van der Waals surface area contributed by atoms with Crippen molar-refractivity contribution in [3.05, 3.63) is 88.2 Å². The molecular weight excluding hydrogens is 480 g/mol. The number of benzene rings is 2. The molecule has 2 aliphatic rings. The minimum Gasteiger partial charge on any atom is -0.465 e. The van der Waals surface area contributed by atoms with Crippen LogP contribution in [0.4, 0.5) is 0 Å². The Bertz CT molecular complexity index is 1050. The minimum absolute atomic E-state index is 0. The van der Waals surface area contributed by atoms with Gasteiger partial charge in [0.15, 0.2) is 0 Å². The van der Waals surface area contributed by atoms with E-state index in [1.807, 2.05) is 30.3 Å². The topological polar surface area (TPSA) is 78.9 Å². The molecule has 0 amide bonds. The van der Waals surface area contributed by atoms with Crippen LogP contribution in [0.2, 0.25) is 5.02 Å². The van der Waals surface area contributed by atoms with E-state index in [0.29, 0.717) is 16.1 Å². The summed E-state index contributed by atoms with van der Waals surface area (Å²) in [4.78, 5) is 32.4. The zero-order valence-electron chi connectivity index (χ0n) is 20.3. The predicted molar refractivity (Wildman–Crippen MR) is 143 cm³/mol. The summed E-state index contributed by atoms with van der Waals surface area (Å²) in [7, 11) is 2.74. The van der Waals surface area contributed by atoms with Gasteiger partial charge in [-0.1, -0.05) is 37.2 Å². The summed E-state index contributed by atoms with van der Waals surface area (Å²) in [6, 6.07) is 14.2. The number of hydrogen-bond acceptors (Lipinski definition) is 6. The maximum atomic E-state index is 11.2. The number of rotatable bonds is 4. The van der Waals surface area contributed by atoms with E-state index in [-0.39, 0.29) is 25.3 Å². The first-order chi connectivity index (χ1) is 16.8. The molecule has 4 rings (SSSR count). The van der Waals surface area contributed by atoms with Crippen molar-refractivity contribution >= 4 is 35.1 Å². The summed E-state index contributed by atoms with van der Waals surface area (Å²) < 4.78 is 14.0. The van der Waals surface area contributed by atoms with Crippen molar-refractivity contribution in [2.75, 3.05) is 14.2 Å². The molecule has 36 heavy (non-hydrogen) atoms. The zero-order valence-corrected chi connectivity index (χ0v) is 21.1. The molecule has 2 aliphatic carbocycles. The number of carbonyl (C=O) groups is 3. The van der Waals surface area contributed by atoms with Crippen LogP contribution in [0.3, 0.4) is 0 Å². The average Bonchev–Trinajstić information content (AvgIpc) is 3.59. The number of methoxy groups -OCH3 is 2. The first-order valence-electron chi connectivity index (χ1n) is 11.4. The third-order valence-electron chi connectivity index (χ3n) is 5.26. The Morgan fingerprint density at radius 1 is 0.750 bits per heavy atom. The zero-order chi connectivity index (χ0) is 25.6. The van der Waals surface area contributed by atoms with E-state index < -0.39 is 0 Å². The van der Waals surface area contributed by atoms with Crippen LogP contribution in [0.15, 0.2) is 66.4 Å². The summed E-state index contributed by atoms with van der Waals surface area (Å²) in [5.74, 6) is 0.0225. The fourth-order valence-electron chi connectivity index (χ4n) is 3.49. The second kappa shape index (κ2) is 16.3. The predicted octanol–water partition coefficient (Wildman–Crippen LogP) is 7.42. The standard InChI is InChI=1S/C13H14O2.C8H7ClO2.C7H10O2.CH4/c1-15-13(14)12-8-6-11(7-9-12)10-4-2-3-5-10;1-11-8(10)6-2-4-7(9)5-3-6;1-6(8)9-7-4-2-3-5-7;/h4,6-9H,2-3,5H2,1H3;2-5H,1H3;4H,2-3,5H2,1H3;1H4. The normalized spacial score (nSPS) is 13.3. The summed E-state index contributed by atoms with van der Waals surface area (Å²) in [6.45, 7) is 1.43. The van der Waals surface area contributed by atoms with Gasteiger partial charge >= 0.3 is 17.9 Å². The van der Waals surface area contributed by atoms with Crippen LogP contribution >= 0.6 is 11.6 Å². The van der Waals surface area contributed by atoms with Gasteiger partial charge < -0.3 is 14.2 Å². The van der Waals surface area contributed by atoms with Gasteiger partial charge in [-0.15, -0.1) is 0 Å². The van der Waals surface area contributed by atoms with Gasteiger partial charge in [-0.05, 0) is 85.7 Å². The third kappa shape index (κ3) is 10.5. The molecule has 0 saturated carbocycles. The third-order valence-corrected chi connectivity index (χ3v) is 5.51. The molecule has 6 nitrogen and oxygen atoms in total. The van der Waals surface area contributed by atoms with Gasteiger partial charge in [0.2, 0.25) is 0 Å². The van der Waals surface area contributed by atoms with Crippen LogP contribution in [0, 0.1) is 0 Å². The second-order valence-corrected chi connectivity index (χ2v) is 8.28. The molecule has 0 bridgehead atoms. The van der Waals surface area contributed by atoms with E-state index in [9.17, 15) is 14.4 Å². The van der Waals surface area contributed by atoms with Gasteiger partial charge in [0.25, 0.3) is 0 Å². The molecule has 0 unspecified atom stereocenters. The number of ether oxygens (including phenoxy) is 3.